The normalized spacial score (nSPS) is 13.7. The number of benzene rings is 1. The van der Waals surface area contributed by atoms with Crippen LogP contribution in [0, 0.1) is 11.3 Å². The Bertz CT molecular complexity index is 451. The summed E-state index contributed by atoms with van der Waals surface area (Å²) < 4.78 is 0. The zero-order chi connectivity index (χ0) is 12.9. The van der Waals surface area contributed by atoms with Crippen LogP contribution in [0.15, 0.2) is 24.3 Å². The Balaban J connectivity index is 3.23. The monoisotopic (exact) mass is 232 g/mol. The summed E-state index contributed by atoms with van der Waals surface area (Å²) >= 11 is 0. The van der Waals surface area contributed by atoms with Crippen molar-refractivity contribution in [2.45, 2.75) is 25.2 Å². The largest absolute Gasteiger partial charge is 0.481 e. The summed E-state index contributed by atoms with van der Waals surface area (Å²) in [6, 6.07) is 8.85. The molecule has 0 saturated carbocycles. The highest BCUT2D eigenvalue weighted by molar-refractivity contribution is 5.81. The third-order valence-electron chi connectivity index (χ3n) is 2.99. The molecule has 0 amide bonds. The lowest BCUT2D eigenvalue weighted by molar-refractivity contribution is -0.143. The SMILES string of the molecule is CC(CCCN)(C(=O)O)c1ccccc1C#N. The predicted octanol–water partition coefficient (Wildman–Crippen LogP) is 1.64. The lowest BCUT2D eigenvalue weighted by atomic mass is 9.76. The van der Waals surface area contributed by atoms with Crippen LogP contribution in [0.3, 0.4) is 0 Å². The third-order valence-corrected chi connectivity index (χ3v) is 2.99. The minimum absolute atomic E-state index is 0.412. The summed E-state index contributed by atoms with van der Waals surface area (Å²) in [7, 11) is 0. The molecule has 0 aliphatic carbocycles. The molecule has 1 unspecified atom stereocenters. The second kappa shape index (κ2) is 5.46. The van der Waals surface area contributed by atoms with Crippen molar-refractivity contribution >= 4 is 5.97 Å². The molecule has 0 fully saturated rings. The van der Waals surface area contributed by atoms with Crippen molar-refractivity contribution in [2.75, 3.05) is 6.54 Å². The molecule has 17 heavy (non-hydrogen) atoms. The fourth-order valence-corrected chi connectivity index (χ4v) is 1.87. The Morgan fingerprint density at radius 2 is 2.18 bits per heavy atom. The van der Waals surface area contributed by atoms with Gasteiger partial charge in [-0.25, -0.2) is 0 Å². The standard InChI is InChI=1S/C13H16N2O2/c1-13(12(16)17,7-4-8-14)11-6-3-2-5-10(11)9-15/h2-3,5-6H,4,7-8,14H2,1H3,(H,16,17). The summed E-state index contributed by atoms with van der Waals surface area (Å²) in [5.41, 5.74) is 5.35. The molecule has 1 atom stereocenters. The molecule has 0 bridgehead atoms. The summed E-state index contributed by atoms with van der Waals surface area (Å²) in [5, 5.41) is 18.4. The highest BCUT2D eigenvalue weighted by atomic mass is 16.4. The molecular weight excluding hydrogens is 216 g/mol. The van der Waals surface area contributed by atoms with Gasteiger partial charge in [-0.2, -0.15) is 5.26 Å². The van der Waals surface area contributed by atoms with Gasteiger partial charge in [0, 0.05) is 0 Å². The Labute approximate surface area is 101 Å². The van der Waals surface area contributed by atoms with Crippen molar-refractivity contribution in [1.29, 1.82) is 5.26 Å². The maximum atomic E-state index is 11.4. The molecule has 4 heteroatoms. The zero-order valence-electron chi connectivity index (χ0n) is 9.81. The molecule has 90 valence electrons. The van der Waals surface area contributed by atoms with Gasteiger partial charge in [-0.3, -0.25) is 4.79 Å². The number of nitriles is 1. The summed E-state index contributed by atoms with van der Waals surface area (Å²) in [6.07, 6.45) is 1.04. The number of aliphatic carboxylic acids is 1. The van der Waals surface area contributed by atoms with E-state index in [-0.39, 0.29) is 0 Å². The average molecular weight is 232 g/mol. The number of carboxylic acids is 1. The summed E-state index contributed by atoms with van der Waals surface area (Å²) in [4.78, 5) is 11.4. The predicted molar refractivity (Wildman–Crippen MR) is 64.4 cm³/mol. The molecule has 1 aromatic rings. The fraction of sp³-hybridized carbons (Fsp3) is 0.385. The lowest BCUT2D eigenvalue weighted by Crippen LogP contribution is -2.33. The van der Waals surface area contributed by atoms with Crippen LogP contribution in [0.25, 0.3) is 0 Å². The van der Waals surface area contributed by atoms with E-state index in [4.69, 9.17) is 11.0 Å². The molecular formula is C13H16N2O2. The van der Waals surface area contributed by atoms with Crippen LogP contribution in [-0.4, -0.2) is 17.6 Å². The van der Waals surface area contributed by atoms with Crippen molar-refractivity contribution in [2.24, 2.45) is 5.73 Å². The molecule has 0 radical (unpaired) electrons. The van der Waals surface area contributed by atoms with Gasteiger partial charge in [0.25, 0.3) is 0 Å². The molecule has 4 nitrogen and oxygen atoms in total. The number of hydrogen-bond donors (Lipinski definition) is 2. The van der Waals surface area contributed by atoms with Crippen molar-refractivity contribution in [1.82, 2.24) is 0 Å². The van der Waals surface area contributed by atoms with E-state index in [1.807, 2.05) is 6.07 Å². The molecule has 0 heterocycles. The van der Waals surface area contributed by atoms with E-state index in [0.29, 0.717) is 30.5 Å². The maximum absolute atomic E-state index is 11.4. The van der Waals surface area contributed by atoms with Crippen LogP contribution in [0.2, 0.25) is 0 Å². The minimum atomic E-state index is -1.05. The fourth-order valence-electron chi connectivity index (χ4n) is 1.87. The van der Waals surface area contributed by atoms with E-state index in [9.17, 15) is 9.90 Å². The molecule has 1 rings (SSSR count). The highest BCUT2D eigenvalue weighted by Crippen LogP contribution is 2.31. The van der Waals surface area contributed by atoms with Crippen LogP contribution in [0.4, 0.5) is 0 Å². The van der Waals surface area contributed by atoms with Gasteiger partial charge in [0.2, 0.25) is 0 Å². The van der Waals surface area contributed by atoms with Crippen molar-refractivity contribution in [3.05, 3.63) is 35.4 Å². The molecule has 3 N–H and O–H groups in total. The first kappa shape index (κ1) is 13.2. The van der Waals surface area contributed by atoms with Crippen LogP contribution < -0.4 is 5.73 Å². The number of hydrogen-bond acceptors (Lipinski definition) is 3. The molecule has 0 saturated heterocycles. The van der Waals surface area contributed by atoms with Crippen molar-refractivity contribution in [3.63, 3.8) is 0 Å². The van der Waals surface area contributed by atoms with Gasteiger partial charge in [0.05, 0.1) is 17.0 Å². The Hall–Kier alpha value is -1.86. The van der Waals surface area contributed by atoms with Gasteiger partial charge < -0.3 is 10.8 Å². The third kappa shape index (κ3) is 2.63. The topological polar surface area (TPSA) is 87.1 Å². The lowest BCUT2D eigenvalue weighted by Gasteiger charge is -2.26. The summed E-state index contributed by atoms with van der Waals surface area (Å²) in [5.74, 6) is -0.923. The quantitative estimate of drug-likeness (QED) is 0.807. The molecule has 1 aromatic carbocycles. The number of nitrogens with zero attached hydrogens (tertiary/aromatic N) is 1. The minimum Gasteiger partial charge on any atom is -0.481 e. The maximum Gasteiger partial charge on any atom is 0.313 e. The first-order valence-corrected chi connectivity index (χ1v) is 5.49. The van der Waals surface area contributed by atoms with Gasteiger partial charge in [-0.15, -0.1) is 0 Å². The van der Waals surface area contributed by atoms with E-state index >= 15 is 0 Å². The first-order chi connectivity index (χ1) is 8.06. The van der Waals surface area contributed by atoms with E-state index < -0.39 is 11.4 Å². The van der Waals surface area contributed by atoms with Gasteiger partial charge in [-0.1, -0.05) is 18.2 Å². The second-order valence-electron chi connectivity index (χ2n) is 4.19. The number of carboxylic acid groups (broad SMARTS) is 1. The van der Waals surface area contributed by atoms with Gasteiger partial charge >= 0.3 is 5.97 Å². The molecule has 0 spiro atoms. The van der Waals surface area contributed by atoms with Crippen LogP contribution in [-0.2, 0) is 10.2 Å². The van der Waals surface area contributed by atoms with E-state index in [2.05, 4.69) is 0 Å². The number of carbonyl (C=O) groups is 1. The molecule has 0 aliphatic rings. The number of rotatable bonds is 5. The smallest absolute Gasteiger partial charge is 0.313 e. The summed E-state index contributed by atoms with van der Waals surface area (Å²) in [6.45, 7) is 2.08. The van der Waals surface area contributed by atoms with Crippen LogP contribution in [0.1, 0.15) is 30.9 Å². The highest BCUT2D eigenvalue weighted by Gasteiger charge is 2.36. The van der Waals surface area contributed by atoms with Gasteiger partial charge in [-0.05, 0) is 37.9 Å². The van der Waals surface area contributed by atoms with E-state index in [0.717, 1.165) is 0 Å². The van der Waals surface area contributed by atoms with E-state index in [1.54, 1.807) is 31.2 Å². The second-order valence-corrected chi connectivity index (χ2v) is 4.19. The van der Waals surface area contributed by atoms with Crippen LogP contribution >= 0.6 is 0 Å². The van der Waals surface area contributed by atoms with Gasteiger partial charge in [0.15, 0.2) is 0 Å². The molecule has 0 aromatic heterocycles. The zero-order valence-corrected chi connectivity index (χ0v) is 9.81. The van der Waals surface area contributed by atoms with E-state index in [1.165, 1.54) is 0 Å². The Morgan fingerprint density at radius 3 is 2.71 bits per heavy atom. The number of nitrogens with two attached hydrogens (primary N) is 1. The Kier molecular flexibility index (Phi) is 4.24. The first-order valence-electron chi connectivity index (χ1n) is 5.49. The van der Waals surface area contributed by atoms with Crippen LogP contribution in [0.5, 0.6) is 0 Å². The van der Waals surface area contributed by atoms with Crippen molar-refractivity contribution in [3.8, 4) is 6.07 Å². The van der Waals surface area contributed by atoms with Crippen molar-refractivity contribution < 1.29 is 9.90 Å². The Morgan fingerprint density at radius 1 is 1.53 bits per heavy atom. The van der Waals surface area contributed by atoms with Gasteiger partial charge in [0.1, 0.15) is 0 Å². The molecule has 0 aliphatic heterocycles. The average Bonchev–Trinajstić information content (AvgIpc) is 2.35.